The largest absolute Gasteiger partial charge is 0.463 e. The van der Waals surface area contributed by atoms with Crippen LogP contribution in [0.2, 0.25) is 0 Å². The third-order valence-corrected chi connectivity index (χ3v) is 8.29. The predicted octanol–water partition coefficient (Wildman–Crippen LogP) is 9.84. The highest BCUT2D eigenvalue weighted by molar-refractivity contribution is 7.85. The van der Waals surface area contributed by atoms with Gasteiger partial charge in [0.2, 0.25) is 0 Å². The highest BCUT2D eigenvalue weighted by Gasteiger charge is 2.10. The van der Waals surface area contributed by atoms with Crippen LogP contribution in [0, 0.1) is 0 Å². The molecule has 0 radical (unpaired) electrons. The van der Waals surface area contributed by atoms with Crippen molar-refractivity contribution in [1.29, 1.82) is 0 Å². The predicted molar refractivity (Wildman–Crippen MR) is 178 cm³/mol. The normalized spacial score (nSPS) is 13.0. The molecule has 0 spiro atoms. The van der Waals surface area contributed by atoms with E-state index in [9.17, 15) is 18.0 Å². The number of hydrogen-bond donors (Lipinski definition) is 1. The summed E-state index contributed by atoms with van der Waals surface area (Å²) in [6.07, 6.45) is 32.7. The summed E-state index contributed by atoms with van der Waals surface area (Å²) in [7, 11) is -4.13. The van der Waals surface area contributed by atoms with Gasteiger partial charge in [0.05, 0.1) is 6.10 Å². The Hall–Kier alpha value is -1.67. The Labute approximate surface area is 264 Å². The first-order valence-electron chi connectivity index (χ1n) is 17.3. The van der Waals surface area contributed by atoms with Crippen molar-refractivity contribution < 1.29 is 32.0 Å². The van der Waals surface area contributed by atoms with Crippen molar-refractivity contribution in [2.24, 2.45) is 0 Å². The summed E-state index contributed by atoms with van der Waals surface area (Å²) in [5.74, 6) is -1.31. The lowest BCUT2D eigenvalue weighted by Gasteiger charge is -2.13. The molecule has 0 aliphatic rings. The van der Waals surface area contributed by atoms with Gasteiger partial charge < -0.3 is 9.47 Å². The lowest BCUT2D eigenvalue weighted by molar-refractivity contribution is -0.148. The maximum Gasteiger partial charge on any atom is 0.330 e. The number of hydrogen-bond acceptors (Lipinski definition) is 6. The average molecular weight is 629 g/mol. The monoisotopic (exact) mass is 628 g/mol. The maximum absolute atomic E-state index is 12.1. The number of carbonyl (C=O) groups is 2. The number of carbonyl (C=O) groups excluding carboxylic acids is 2. The van der Waals surface area contributed by atoms with E-state index in [-0.39, 0.29) is 18.7 Å². The zero-order chi connectivity index (χ0) is 32.0. The highest BCUT2D eigenvalue weighted by Crippen LogP contribution is 2.15. The molecule has 252 valence electrons. The molecule has 0 aliphatic heterocycles. The van der Waals surface area contributed by atoms with Crippen LogP contribution in [-0.4, -0.2) is 43.4 Å². The second kappa shape index (κ2) is 29.1. The molecule has 7 nitrogen and oxygen atoms in total. The molecule has 1 N–H and O–H groups in total. The Morgan fingerprint density at radius 1 is 0.721 bits per heavy atom. The van der Waals surface area contributed by atoms with Gasteiger partial charge in [0, 0.05) is 12.5 Å². The van der Waals surface area contributed by atoms with Crippen molar-refractivity contribution in [1.82, 2.24) is 0 Å². The lowest BCUT2D eigenvalue weighted by atomic mass is 10.0. The summed E-state index contributed by atoms with van der Waals surface area (Å²) in [6, 6.07) is 0. The minimum absolute atomic E-state index is 0.0845. The van der Waals surface area contributed by atoms with E-state index in [2.05, 4.69) is 19.1 Å². The molecule has 0 aliphatic carbocycles. The van der Waals surface area contributed by atoms with Gasteiger partial charge in [-0.2, -0.15) is 8.42 Å². The molecule has 0 aromatic rings. The molecule has 1 unspecified atom stereocenters. The number of esters is 2. The smallest absolute Gasteiger partial charge is 0.330 e. The molecule has 8 heteroatoms. The van der Waals surface area contributed by atoms with E-state index in [0.29, 0.717) is 6.42 Å². The quantitative estimate of drug-likeness (QED) is 0.0277. The minimum Gasteiger partial charge on any atom is -0.463 e. The van der Waals surface area contributed by atoms with Crippen LogP contribution in [0.3, 0.4) is 0 Å². The zero-order valence-corrected chi connectivity index (χ0v) is 28.6. The Kier molecular flexibility index (Phi) is 27.9. The van der Waals surface area contributed by atoms with Crippen molar-refractivity contribution in [2.75, 3.05) is 12.4 Å². The Balaban J connectivity index is 3.53. The number of rotatable bonds is 30. The van der Waals surface area contributed by atoms with Gasteiger partial charge in [-0.25, -0.2) is 4.79 Å². The fraction of sp³-hybridized carbons (Fsp3) is 0.829. The molecule has 0 amide bonds. The third kappa shape index (κ3) is 33.1. The molecular weight excluding hydrogens is 564 g/mol. The van der Waals surface area contributed by atoms with Crippen molar-refractivity contribution >= 4 is 22.1 Å². The van der Waals surface area contributed by atoms with Crippen LogP contribution in [0.4, 0.5) is 0 Å². The first kappa shape index (κ1) is 41.3. The van der Waals surface area contributed by atoms with Gasteiger partial charge in [0.25, 0.3) is 10.1 Å². The second-order valence-electron chi connectivity index (χ2n) is 12.1. The van der Waals surface area contributed by atoms with E-state index >= 15 is 0 Å². The molecule has 0 bridgehead atoms. The van der Waals surface area contributed by atoms with Crippen LogP contribution >= 0.6 is 0 Å². The molecule has 0 rings (SSSR count). The summed E-state index contributed by atoms with van der Waals surface area (Å²) in [5.41, 5.74) is 0.856. The van der Waals surface area contributed by atoms with E-state index in [0.717, 1.165) is 50.5 Å². The first-order chi connectivity index (χ1) is 20.6. The molecule has 43 heavy (non-hydrogen) atoms. The van der Waals surface area contributed by atoms with E-state index in [1.165, 1.54) is 102 Å². The average Bonchev–Trinajstić information content (AvgIpc) is 2.93. The van der Waals surface area contributed by atoms with Crippen LogP contribution < -0.4 is 0 Å². The first-order valence-corrected chi connectivity index (χ1v) is 18.9. The Morgan fingerprint density at radius 3 is 1.77 bits per heavy atom. The van der Waals surface area contributed by atoms with Gasteiger partial charge >= 0.3 is 11.9 Å². The standard InChI is InChI=1S/C35H64O7S/c1-4-5-6-7-8-9-10-11-12-13-14-15-16-17-18-19-20-21-25-28-34(36)42-33(3)27-24-22-23-26-32(2)31-35(37)41-29-30-43(38,39)40/h9-10,31,33H,4-8,11-30H2,1-3H3,(H,38,39,40)/b10-9-,32-31+. The number of ether oxygens (including phenoxy) is 2. The Morgan fingerprint density at radius 2 is 1.21 bits per heavy atom. The summed E-state index contributed by atoms with van der Waals surface area (Å²) >= 11 is 0. The van der Waals surface area contributed by atoms with Crippen LogP contribution in [0.1, 0.15) is 168 Å². The van der Waals surface area contributed by atoms with E-state index in [1.54, 1.807) is 0 Å². The van der Waals surface area contributed by atoms with Gasteiger partial charge in [-0.05, 0) is 71.6 Å². The number of allylic oxidation sites excluding steroid dienone is 3. The van der Waals surface area contributed by atoms with E-state index in [4.69, 9.17) is 14.0 Å². The zero-order valence-electron chi connectivity index (χ0n) is 27.8. The topological polar surface area (TPSA) is 107 Å². The van der Waals surface area contributed by atoms with Crippen LogP contribution in [0.25, 0.3) is 0 Å². The molecule has 0 saturated heterocycles. The summed E-state index contributed by atoms with van der Waals surface area (Å²) in [6.45, 7) is 5.67. The SMILES string of the molecule is CCCCCC/C=C\CCCCCCCCCCCCCC(=O)OC(C)CCCCC/C(C)=C/C(=O)OCCS(=O)(=O)O. The summed E-state index contributed by atoms with van der Waals surface area (Å²) < 4.78 is 40.2. The van der Waals surface area contributed by atoms with Crippen molar-refractivity contribution in [3.63, 3.8) is 0 Å². The molecule has 0 fully saturated rings. The number of unbranched alkanes of at least 4 members (excludes halogenated alkanes) is 17. The van der Waals surface area contributed by atoms with Crippen molar-refractivity contribution in [2.45, 2.75) is 175 Å². The molecule has 0 aromatic carbocycles. The van der Waals surface area contributed by atoms with Gasteiger partial charge in [0.15, 0.2) is 0 Å². The minimum atomic E-state index is -4.13. The molecular formula is C35H64O7S. The van der Waals surface area contributed by atoms with Crippen LogP contribution in [-0.2, 0) is 29.2 Å². The molecule has 1 atom stereocenters. The maximum atomic E-state index is 12.1. The third-order valence-electron chi connectivity index (χ3n) is 7.61. The summed E-state index contributed by atoms with van der Waals surface area (Å²) in [5, 5.41) is 0. The molecule has 0 heterocycles. The van der Waals surface area contributed by atoms with Crippen LogP contribution in [0.15, 0.2) is 23.8 Å². The molecule has 0 aromatic heterocycles. The second-order valence-corrected chi connectivity index (χ2v) is 13.7. The van der Waals surface area contributed by atoms with Gasteiger partial charge in [0.1, 0.15) is 12.4 Å². The van der Waals surface area contributed by atoms with Crippen LogP contribution in [0.5, 0.6) is 0 Å². The van der Waals surface area contributed by atoms with Gasteiger partial charge in [-0.15, -0.1) is 0 Å². The van der Waals surface area contributed by atoms with E-state index in [1.807, 2.05) is 13.8 Å². The van der Waals surface area contributed by atoms with E-state index < -0.39 is 21.8 Å². The lowest BCUT2D eigenvalue weighted by Crippen LogP contribution is -2.14. The van der Waals surface area contributed by atoms with Crippen molar-refractivity contribution in [3.8, 4) is 0 Å². The van der Waals surface area contributed by atoms with Crippen molar-refractivity contribution in [3.05, 3.63) is 23.8 Å². The fourth-order valence-corrected chi connectivity index (χ4v) is 5.26. The highest BCUT2D eigenvalue weighted by atomic mass is 32.2. The fourth-order valence-electron chi connectivity index (χ4n) is 4.96. The Bertz CT molecular complexity index is 848. The van der Waals surface area contributed by atoms with Gasteiger partial charge in [-0.1, -0.05) is 108 Å². The molecule has 0 saturated carbocycles. The summed E-state index contributed by atoms with van der Waals surface area (Å²) in [4.78, 5) is 23.8. The van der Waals surface area contributed by atoms with Gasteiger partial charge in [-0.3, -0.25) is 9.35 Å².